The second kappa shape index (κ2) is 13.2. The van der Waals surface area contributed by atoms with E-state index >= 15 is 0 Å². The number of benzene rings is 2. The number of hydrogen-bond donors (Lipinski definition) is 2. The van der Waals surface area contributed by atoms with Gasteiger partial charge in [-0.25, -0.2) is 14.2 Å². The van der Waals surface area contributed by atoms with Crippen LogP contribution < -0.4 is 19.7 Å². The highest BCUT2D eigenvalue weighted by Gasteiger charge is 2.25. The fraction of sp³-hybridized carbons (Fsp3) is 0.419. The molecule has 3 atom stereocenters. The maximum absolute atomic E-state index is 12.7. The van der Waals surface area contributed by atoms with Crippen LogP contribution in [0.3, 0.4) is 0 Å². The van der Waals surface area contributed by atoms with Gasteiger partial charge in [-0.2, -0.15) is 0 Å². The van der Waals surface area contributed by atoms with Crippen LogP contribution in [0.2, 0.25) is 0 Å². The van der Waals surface area contributed by atoms with E-state index in [-0.39, 0.29) is 5.92 Å². The van der Waals surface area contributed by atoms with Gasteiger partial charge in [0.05, 0.1) is 16.3 Å². The number of nitrogens with one attached hydrogen (secondary N) is 2. The third kappa shape index (κ3) is 6.53. The largest absolute Gasteiger partial charge is 0.460 e. The first-order valence-electron chi connectivity index (χ1n) is 14.2. The van der Waals surface area contributed by atoms with Crippen molar-refractivity contribution in [2.45, 2.75) is 52.5 Å². The average molecular weight is 578 g/mol. The quantitative estimate of drug-likeness (QED) is 0.259. The van der Waals surface area contributed by atoms with Crippen LogP contribution in [-0.2, 0) is 11.0 Å². The lowest BCUT2D eigenvalue weighted by atomic mass is 10.0. The van der Waals surface area contributed by atoms with Crippen molar-refractivity contribution in [3.8, 4) is 5.75 Å². The molecule has 2 aliphatic heterocycles. The van der Waals surface area contributed by atoms with E-state index in [2.05, 4.69) is 48.2 Å². The molecule has 1 aromatic heterocycles. The molecule has 3 unspecified atom stereocenters. The molecule has 2 aromatic carbocycles. The monoisotopic (exact) mass is 577 g/mol. The Hall–Kier alpha value is -2.88. The molecule has 40 heavy (non-hydrogen) atoms. The number of allylic oxidation sites excluding steroid dienone is 2. The molecule has 3 heterocycles. The minimum absolute atomic E-state index is 0.139. The molecule has 0 spiro atoms. The van der Waals surface area contributed by atoms with Gasteiger partial charge >= 0.3 is 0 Å². The van der Waals surface area contributed by atoms with Gasteiger partial charge in [-0.05, 0) is 62.3 Å². The molecule has 9 heteroatoms. The first kappa shape index (κ1) is 28.6. The van der Waals surface area contributed by atoms with Gasteiger partial charge < -0.3 is 15.4 Å². The second-order valence-electron chi connectivity index (χ2n) is 10.5. The molecule has 2 aliphatic rings. The van der Waals surface area contributed by atoms with Gasteiger partial charge in [0.25, 0.3) is 0 Å². The Morgan fingerprint density at radius 3 is 2.77 bits per heavy atom. The predicted octanol–water partition coefficient (Wildman–Crippen LogP) is 6.73. The zero-order valence-corrected chi connectivity index (χ0v) is 25.2. The summed E-state index contributed by atoms with van der Waals surface area (Å²) in [6, 6.07) is 14.5. The molecule has 2 saturated heterocycles. The summed E-state index contributed by atoms with van der Waals surface area (Å²) in [6.07, 6.45) is 5.89. The van der Waals surface area contributed by atoms with Crippen molar-refractivity contribution in [2.75, 3.05) is 35.0 Å². The summed E-state index contributed by atoms with van der Waals surface area (Å²) < 4.78 is 21.6. The van der Waals surface area contributed by atoms with E-state index in [0.717, 1.165) is 88.8 Å². The number of nitrogens with zero attached hydrogens (tertiary/aromatic N) is 3. The first-order chi connectivity index (χ1) is 19.4. The highest BCUT2D eigenvalue weighted by atomic mass is 32.2. The Balaban J connectivity index is 1.56. The topological polar surface area (TPSA) is 79.4 Å². The maximum Gasteiger partial charge on any atom is 0.223 e. The van der Waals surface area contributed by atoms with Crippen LogP contribution in [0.15, 0.2) is 65.9 Å². The lowest BCUT2D eigenvalue weighted by molar-refractivity contribution is 0.360. The molecule has 0 bridgehead atoms. The standard InChI is InChI=1S/C31H39N5O2S2/c1-5-22(4)29(30(39-21(2)3)26-15-17-33-31(35-26)34-23-10-8-16-32-20-23)38-28-14-13-27(36-18-9-19-40(36)37)24-11-6-7-12-25(24)28/h6-7,11-15,17,22-23,32H,2,5,8-10,16,18-20H2,1,3-4H3,(H,33,34,35)/b30-29+. The third-order valence-corrected chi connectivity index (χ3v) is 9.83. The molecule has 7 nitrogen and oxygen atoms in total. The number of piperidine rings is 1. The summed E-state index contributed by atoms with van der Waals surface area (Å²) in [5, 5.41) is 9.00. The summed E-state index contributed by atoms with van der Waals surface area (Å²) in [4.78, 5) is 11.4. The third-order valence-electron chi connectivity index (χ3n) is 7.35. The second-order valence-corrected chi connectivity index (χ2v) is 13.3. The number of hydrogen-bond acceptors (Lipinski definition) is 7. The van der Waals surface area contributed by atoms with Gasteiger partial charge in [0.15, 0.2) is 0 Å². The highest BCUT2D eigenvalue weighted by molar-refractivity contribution is 8.11. The molecule has 3 aromatic rings. The van der Waals surface area contributed by atoms with Gasteiger partial charge in [-0.3, -0.25) is 4.31 Å². The number of fused-ring (bicyclic) bond motifs is 1. The van der Waals surface area contributed by atoms with E-state index in [9.17, 15) is 4.21 Å². The zero-order chi connectivity index (χ0) is 28.1. The Bertz CT molecular complexity index is 1420. The zero-order valence-electron chi connectivity index (χ0n) is 23.6. The molecule has 0 saturated carbocycles. The minimum atomic E-state index is -0.992. The van der Waals surface area contributed by atoms with E-state index < -0.39 is 11.0 Å². The van der Waals surface area contributed by atoms with Gasteiger partial charge in [0, 0.05) is 47.8 Å². The van der Waals surface area contributed by atoms with Crippen molar-refractivity contribution >= 4 is 50.1 Å². The van der Waals surface area contributed by atoms with Crippen molar-refractivity contribution in [2.24, 2.45) is 5.92 Å². The van der Waals surface area contributed by atoms with Crippen LogP contribution in [0.4, 0.5) is 11.6 Å². The molecule has 0 aliphatic carbocycles. The first-order valence-corrected chi connectivity index (χ1v) is 16.3. The van der Waals surface area contributed by atoms with Crippen LogP contribution in [0, 0.1) is 5.92 Å². The summed E-state index contributed by atoms with van der Waals surface area (Å²) in [6.45, 7) is 13.3. The number of thioether (sulfide) groups is 1. The Morgan fingerprint density at radius 2 is 2.08 bits per heavy atom. The van der Waals surface area contributed by atoms with E-state index in [1.807, 2.05) is 47.8 Å². The van der Waals surface area contributed by atoms with Crippen molar-refractivity contribution in [3.05, 3.63) is 71.6 Å². The molecular weight excluding hydrogens is 539 g/mol. The number of rotatable bonds is 10. The van der Waals surface area contributed by atoms with E-state index in [1.165, 1.54) is 0 Å². The van der Waals surface area contributed by atoms with Crippen LogP contribution >= 0.6 is 11.8 Å². The SMILES string of the molecule is C=C(C)S/C(=C(/Oc1ccc(N2CCCS2=O)c2ccccc12)C(C)CC)c1ccnc(NC2CCCNC2)n1. The van der Waals surface area contributed by atoms with Crippen LogP contribution in [0.5, 0.6) is 5.75 Å². The molecule has 212 valence electrons. The van der Waals surface area contributed by atoms with E-state index in [1.54, 1.807) is 11.8 Å². The van der Waals surface area contributed by atoms with Crippen LogP contribution in [0.1, 0.15) is 52.1 Å². The van der Waals surface area contributed by atoms with Gasteiger partial charge in [0.1, 0.15) is 22.5 Å². The molecule has 5 rings (SSSR count). The van der Waals surface area contributed by atoms with Crippen molar-refractivity contribution in [3.63, 3.8) is 0 Å². The molecule has 2 fully saturated rings. The molecule has 0 amide bonds. The molecule has 2 N–H and O–H groups in total. The lowest BCUT2D eigenvalue weighted by Gasteiger charge is -2.25. The highest BCUT2D eigenvalue weighted by Crippen LogP contribution is 2.42. The Kier molecular flexibility index (Phi) is 9.44. The maximum atomic E-state index is 12.7. The fourth-order valence-corrected chi connectivity index (χ4v) is 7.34. The van der Waals surface area contributed by atoms with Gasteiger partial charge in [-0.15, -0.1) is 0 Å². The smallest absolute Gasteiger partial charge is 0.223 e. The Labute approximate surface area is 244 Å². The van der Waals surface area contributed by atoms with E-state index in [0.29, 0.717) is 17.7 Å². The normalized spacial score (nSPS) is 20.7. The summed E-state index contributed by atoms with van der Waals surface area (Å²) in [5.41, 5.74) is 1.81. The summed E-state index contributed by atoms with van der Waals surface area (Å²) in [5.74, 6) is 3.12. The minimum Gasteiger partial charge on any atom is -0.460 e. The van der Waals surface area contributed by atoms with E-state index in [4.69, 9.17) is 9.72 Å². The molecule has 0 radical (unpaired) electrons. The number of ether oxygens (including phenoxy) is 1. The van der Waals surface area contributed by atoms with Gasteiger partial charge in [0.2, 0.25) is 5.95 Å². The number of aromatic nitrogens is 2. The van der Waals surface area contributed by atoms with Crippen LogP contribution in [0.25, 0.3) is 15.7 Å². The average Bonchev–Trinajstić information content (AvgIpc) is 3.40. The number of anilines is 2. The van der Waals surface area contributed by atoms with Gasteiger partial charge in [-0.1, -0.05) is 56.5 Å². The van der Waals surface area contributed by atoms with Crippen LogP contribution in [-0.4, -0.2) is 45.6 Å². The summed E-state index contributed by atoms with van der Waals surface area (Å²) >= 11 is 1.59. The summed E-state index contributed by atoms with van der Waals surface area (Å²) in [7, 11) is -0.992. The van der Waals surface area contributed by atoms with Crippen molar-refractivity contribution in [1.29, 1.82) is 0 Å². The van der Waals surface area contributed by atoms with Crippen molar-refractivity contribution in [1.82, 2.24) is 15.3 Å². The van der Waals surface area contributed by atoms with Crippen molar-refractivity contribution < 1.29 is 8.95 Å². The lowest BCUT2D eigenvalue weighted by Crippen LogP contribution is -2.38. The fourth-order valence-electron chi connectivity index (χ4n) is 5.13. The predicted molar refractivity (Wildman–Crippen MR) is 170 cm³/mol. The Morgan fingerprint density at radius 1 is 1.25 bits per heavy atom. The molecular formula is C31H39N5O2S2.